The van der Waals surface area contributed by atoms with Crippen molar-refractivity contribution in [3.63, 3.8) is 0 Å². The molecule has 0 aliphatic carbocycles. The first-order chi connectivity index (χ1) is 10.5. The van der Waals surface area contributed by atoms with E-state index in [4.69, 9.17) is 23.2 Å². The molecule has 22 heavy (non-hydrogen) atoms. The molecule has 0 spiro atoms. The van der Waals surface area contributed by atoms with Gasteiger partial charge in [-0.05, 0) is 24.6 Å². The van der Waals surface area contributed by atoms with Crippen molar-refractivity contribution in [2.45, 2.75) is 18.9 Å². The lowest BCUT2D eigenvalue weighted by atomic mass is 10.2. The molecule has 0 bridgehead atoms. The van der Waals surface area contributed by atoms with Crippen LogP contribution in [0.15, 0.2) is 30.5 Å². The Labute approximate surface area is 136 Å². The van der Waals surface area contributed by atoms with Crippen LogP contribution in [0.25, 0.3) is 5.69 Å². The summed E-state index contributed by atoms with van der Waals surface area (Å²) in [6, 6.07) is 6.21. The molecule has 1 aliphatic heterocycles. The standard InChI is InChI=1S/C14H12Cl2N4O2/c15-8-1-3-11(9(16)7-8)20-6-5-12(19-20)18-14(22)10-2-4-13(21)17-10/h1,3,5-7,10H,2,4H2,(H,17,21)(H,18,19,22)/t10-/m1/s1. The lowest BCUT2D eigenvalue weighted by molar-refractivity contribution is -0.122. The number of halogens is 2. The molecule has 2 amide bonds. The SMILES string of the molecule is O=C1CC[C@H](C(=O)Nc2ccn(-c3ccc(Cl)cc3Cl)n2)N1. The average molecular weight is 339 g/mol. The van der Waals surface area contributed by atoms with Crippen molar-refractivity contribution in [3.8, 4) is 5.69 Å². The average Bonchev–Trinajstić information content (AvgIpc) is 3.08. The van der Waals surface area contributed by atoms with E-state index in [0.717, 1.165) is 0 Å². The van der Waals surface area contributed by atoms with E-state index < -0.39 is 6.04 Å². The van der Waals surface area contributed by atoms with Crippen molar-refractivity contribution in [1.82, 2.24) is 15.1 Å². The largest absolute Gasteiger partial charge is 0.344 e. The zero-order valence-corrected chi connectivity index (χ0v) is 12.9. The molecule has 1 aromatic heterocycles. The fourth-order valence-corrected chi connectivity index (χ4v) is 2.71. The number of nitrogens with zero attached hydrogens (tertiary/aromatic N) is 2. The molecule has 2 N–H and O–H groups in total. The second-order valence-electron chi connectivity index (χ2n) is 4.89. The summed E-state index contributed by atoms with van der Waals surface area (Å²) in [6.45, 7) is 0. The van der Waals surface area contributed by atoms with Gasteiger partial charge in [-0.15, -0.1) is 0 Å². The number of hydrogen-bond donors (Lipinski definition) is 2. The molecule has 114 valence electrons. The molecular formula is C14H12Cl2N4O2. The monoisotopic (exact) mass is 338 g/mol. The molecule has 8 heteroatoms. The first kappa shape index (κ1) is 14.9. The third-order valence-corrected chi connectivity index (χ3v) is 3.85. The summed E-state index contributed by atoms with van der Waals surface area (Å²) in [5.41, 5.74) is 0.653. The lowest BCUT2D eigenvalue weighted by Gasteiger charge is -2.09. The van der Waals surface area contributed by atoms with Gasteiger partial charge in [0.05, 0.1) is 10.7 Å². The highest BCUT2D eigenvalue weighted by Gasteiger charge is 2.27. The molecule has 1 aliphatic rings. The third kappa shape index (κ3) is 3.08. The number of benzene rings is 1. The van der Waals surface area contributed by atoms with Gasteiger partial charge in [-0.3, -0.25) is 9.59 Å². The molecule has 1 atom stereocenters. The molecule has 0 saturated carbocycles. The summed E-state index contributed by atoms with van der Waals surface area (Å²) >= 11 is 12.0. The van der Waals surface area contributed by atoms with Crippen LogP contribution in [0.4, 0.5) is 5.82 Å². The van der Waals surface area contributed by atoms with E-state index in [2.05, 4.69) is 15.7 Å². The fraction of sp³-hybridized carbons (Fsp3) is 0.214. The highest BCUT2D eigenvalue weighted by molar-refractivity contribution is 6.35. The maximum atomic E-state index is 12.0. The normalized spacial score (nSPS) is 17.4. The van der Waals surface area contributed by atoms with E-state index in [0.29, 0.717) is 34.4 Å². The van der Waals surface area contributed by atoms with Crippen LogP contribution in [0, 0.1) is 0 Å². The lowest BCUT2D eigenvalue weighted by Crippen LogP contribution is -2.37. The minimum Gasteiger partial charge on any atom is -0.344 e. The van der Waals surface area contributed by atoms with Crippen LogP contribution in [0.3, 0.4) is 0 Å². The van der Waals surface area contributed by atoms with Crippen LogP contribution in [0.2, 0.25) is 10.0 Å². The van der Waals surface area contributed by atoms with Crippen molar-refractivity contribution in [2.24, 2.45) is 0 Å². The first-order valence-corrected chi connectivity index (χ1v) is 7.40. The van der Waals surface area contributed by atoms with Crippen molar-refractivity contribution in [2.75, 3.05) is 5.32 Å². The summed E-state index contributed by atoms with van der Waals surface area (Å²) in [5, 5.41) is 10.5. The van der Waals surface area contributed by atoms with Crippen LogP contribution in [0.5, 0.6) is 0 Å². The Morgan fingerprint density at radius 3 is 2.86 bits per heavy atom. The molecule has 6 nitrogen and oxygen atoms in total. The molecule has 2 heterocycles. The Balaban J connectivity index is 1.73. The minimum atomic E-state index is -0.503. The molecule has 0 radical (unpaired) electrons. The summed E-state index contributed by atoms with van der Waals surface area (Å²) in [6.07, 6.45) is 2.54. The summed E-state index contributed by atoms with van der Waals surface area (Å²) in [5.74, 6) is -0.00547. The van der Waals surface area contributed by atoms with E-state index in [1.54, 1.807) is 35.1 Å². The Morgan fingerprint density at radius 2 is 2.18 bits per heavy atom. The number of hydrogen-bond acceptors (Lipinski definition) is 3. The number of rotatable bonds is 3. The molecule has 1 fully saturated rings. The predicted octanol–water partition coefficient (Wildman–Crippen LogP) is 2.40. The van der Waals surface area contributed by atoms with Crippen LogP contribution < -0.4 is 10.6 Å². The van der Waals surface area contributed by atoms with Crippen molar-refractivity contribution in [3.05, 3.63) is 40.5 Å². The van der Waals surface area contributed by atoms with E-state index in [9.17, 15) is 9.59 Å². The summed E-state index contributed by atoms with van der Waals surface area (Å²) < 4.78 is 1.54. The Kier molecular flexibility index (Phi) is 4.04. The zero-order valence-electron chi connectivity index (χ0n) is 11.3. The maximum absolute atomic E-state index is 12.0. The van der Waals surface area contributed by atoms with Gasteiger partial charge in [0.2, 0.25) is 11.8 Å². The minimum absolute atomic E-state index is 0.112. The van der Waals surface area contributed by atoms with Gasteiger partial charge in [0.15, 0.2) is 5.82 Å². The Morgan fingerprint density at radius 1 is 1.36 bits per heavy atom. The molecule has 3 rings (SSSR count). The van der Waals surface area contributed by atoms with Crippen molar-refractivity contribution in [1.29, 1.82) is 0 Å². The number of carbonyl (C=O) groups is 2. The van der Waals surface area contributed by atoms with Crippen LogP contribution in [0.1, 0.15) is 12.8 Å². The van der Waals surface area contributed by atoms with E-state index >= 15 is 0 Å². The van der Waals surface area contributed by atoms with Crippen LogP contribution >= 0.6 is 23.2 Å². The van der Waals surface area contributed by atoms with Crippen LogP contribution in [-0.2, 0) is 9.59 Å². The molecule has 1 aromatic carbocycles. The fourth-order valence-electron chi connectivity index (χ4n) is 2.22. The third-order valence-electron chi connectivity index (χ3n) is 3.31. The Hall–Kier alpha value is -2.05. The number of aromatic nitrogens is 2. The maximum Gasteiger partial charge on any atom is 0.248 e. The van der Waals surface area contributed by atoms with Crippen molar-refractivity contribution >= 4 is 40.8 Å². The smallest absolute Gasteiger partial charge is 0.248 e. The van der Waals surface area contributed by atoms with Crippen LogP contribution in [-0.4, -0.2) is 27.6 Å². The van der Waals surface area contributed by atoms with Gasteiger partial charge in [-0.1, -0.05) is 23.2 Å². The van der Waals surface area contributed by atoms with Gasteiger partial charge in [0.1, 0.15) is 6.04 Å². The molecular weight excluding hydrogens is 327 g/mol. The topological polar surface area (TPSA) is 76.0 Å². The zero-order chi connectivity index (χ0) is 15.7. The highest BCUT2D eigenvalue weighted by atomic mass is 35.5. The summed E-state index contributed by atoms with van der Waals surface area (Å²) in [7, 11) is 0. The molecule has 2 aromatic rings. The summed E-state index contributed by atoms with van der Waals surface area (Å²) in [4.78, 5) is 23.1. The number of nitrogens with one attached hydrogen (secondary N) is 2. The van der Waals surface area contributed by atoms with Gasteiger partial charge in [0.25, 0.3) is 0 Å². The highest BCUT2D eigenvalue weighted by Crippen LogP contribution is 2.24. The number of anilines is 1. The van der Waals surface area contributed by atoms with Gasteiger partial charge in [0, 0.05) is 23.7 Å². The van der Waals surface area contributed by atoms with Gasteiger partial charge in [-0.25, -0.2) is 4.68 Å². The molecule has 1 saturated heterocycles. The Bertz CT molecular complexity index is 744. The van der Waals surface area contributed by atoms with Gasteiger partial charge in [-0.2, -0.15) is 5.10 Å². The van der Waals surface area contributed by atoms with Gasteiger partial charge >= 0.3 is 0 Å². The predicted molar refractivity (Wildman–Crippen MR) is 83.4 cm³/mol. The second kappa shape index (κ2) is 5.98. The quantitative estimate of drug-likeness (QED) is 0.902. The van der Waals surface area contributed by atoms with Crippen molar-refractivity contribution < 1.29 is 9.59 Å². The number of amides is 2. The van der Waals surface area contributed by atoms with E-state index in [1.165, 1.54) is 0 Å². The van der Waals surface area contributed by atoms with Gasteiger partial charge < -0.3 is 10.6 Å². The number of carbonyl (C=O) groups excluding carboxylic acids is 2. The molecule has 0 unspecified atom stereocenters. The second-order valence-corrected chi connectivity index (χ2v) is 5.73. The first-order valence-electron chi connectivity index (χ1n) is 6.64. The van der Waals surface area contributed by atoms with E-state index in [1.807, 2.05) is 0 Å². The van der Waals surface area contributed by atoms with E-state index in [-0.39, 0.29) is 11.8 Å².